The summed E-state index contributed by atoms with van der Waals surface area (Å²) in [6.45, 7) is 4.40. The van der Waals surface area contributed by atoms with Crippen LogP contribution in [0.1, 0.15) is 25.3 Å². The molecule has 0 aliphatic rings. The van der Waals surface area contributed by atoms with Gasteiger partial charge >= 0.3 is 0 Å². The maximum atomic E-state index is 5.73. The number of unbranched alkanes of at least 4 members (excludes halogenated alkanes) is 1. The van der Waals surface area contributed by atoms with E-state index in [1.165, 1.54) is 0 Å². The SMILES string of the molecule is CCCCOc1ncccc1CNC(=NC)NCCSC. The second-order valence-electron chi connectivity index (χ2n) is 4.52. The van der Waals surface area contributed by atoms with Gasteiger partial charge in [0, 0.05) is 37.7 Å². The number of rotatable bonds is 9. The maximum Gasteiger partial charge on any atom is 0.218 e. The Hall–Kier alpha value is -1.43. The molecule has 1 aromatic rings. The molecule has 21 heavy (non-hydrogen) atoms. The number of pyridine rings is 1. The lowest BCUT2D eigenvalue weighted by molar-refractivity contribution is 0.294. The van der Waals surface area contributed by atoms with Gasteiger partial charge in [-0.05, 0) is 18.7 Å². The molecule has 0 bridgehead atoms. The first-order valence-electron chi connectivity index (χ1n) is 7.32. The molecule has 0 atom stereocenters. The topological polar surface area (TPSA) is 58.5 Å². The maximum absolute atomic E-state index is 5.73. The zero-order chi connectivity index (χ0) is 15.3. The second-order valence-corrected chi connectivity index (χ2v) is 5.50. The molecule has 0 radical (unpaired) electrons. The highest BCUT2D eigenvalue weighted by atomic mass is 32.2. The molecule has 2 N–H and O–H groups in total. The molecule has 0 fully saturated rings. The molecular formula is C15H26N4OS. The largest absolute Gasteiger partial charge is 0.477 e. The van der Waals surface area contributed by atoms with Gasteiger partial charge in [-0.15, -0.1) is 0 Å². The Bertz CT molecular complexity index is 426. The van der Waals surface area contributed by atoms with Gasteiger partial charge in [-0.25, -0.2) is 4.98 Å². The van der Waals surface area contributed by atoms with Crippen LogP contribution >= 0.6 is 11.8 Å². The van der Waals surface area contributed by atoms with Crippen LogP contribution in [0.5, 0.6) is 5.88 Å². The normalized spacial score (nSPS) is 11.3. The summed E-state index contributed by atoms with van der Waals surface area (Å²) in [5, 5.41) is 6.55. The minimum Gasteiger partial charge on any atom is -0.477 e. The first kappa shape index (κ1) is 17.6. The van der Waals surface area contributed by atoms with Crippen molar-refractivity contribution < 1.29 is 4.74 Å². The summed E-state index contributed by atoms with van der Waals surface area (Å²) in [6.07, 6.45) is 6.01. The highest BCUT2D eigenvalue weighted by Gasteiger charge is 2.05. The molecule has 0 aliphatic heterocycles. The second kappa shape index (κ2) is 11.3. The summed E-state index contributed by atoms with van der Waals surface area (Å²) in [5.74, 6) is 2.56. The smallest absolute Gasteiger partial charge is 0.218 e. The molecule has 6 heteroatoms. The minimum absolute atomic E-state index is 0.647. The third-order valence-electron chi connectivity index (χ3n) is 2.86. The predicted molar refractivity (Wildman–Crippen MR) is 91.2 cm³/mol. The lowest BCUT2D eigenvalue weighted by Crippen LogP contribution is -2.38. The predicted octanol–water partition coefficient (Wildman–Crippen LogP) is 2.29. The van der Waals surface area contributed by atoms with E-state index in [0.29, 0.717) is 19.0 Å². The van der Waals surface area contributed by atoms with E-state index in [1.807, 2.05) is 12.1 Å². The van der Waals surface area contributed by atoms with Crippen molar-refractivity contribution in [3.8, 4) is 5.88 Å². The average molecular weight is 310 g/mol. The number of hydrogen-bond donors (Lipinski definition) is 2. The number of thioether (sulfide) groups is 1. The first-order valence-corrected chi connectivity index (χ1v) is 8.71. The Balaban J connectivity index is 2.49. The Kier molecular flexibility index (Phi) is 9.44. The summed E-state index contributed by atoms with van der Waals surface area (Å²) in [6, 6.07) is 3.95. The Morgan fingerprint density at radius 1 is 1.43 bits per heavy atom. The third-order valence-corrected chi connectivity index (χ3v) is 3.47. The van der Waals surface area contributed by atoms with Gasteiger partial charge in [0.15, 0.2) is 5.96 Å². The van der Waals surface area contributed by atoms with Crippen LogP contribution in [-0.4, -0.2) is 43.2 Å². The summed E-state index contributed by atoms with van der Waals surface area (Å²) in [7, 11) is 1.77. The van der Waals surface area contributed by atoms with Crippen LogP contribution < -0.4 is 15.4 Å². The highest BCUT2D eigenvalue weighted by Crippen LogP contribution is 2.14. The lowest BCUT2D eigenvalue weighted by Gasteiger charge is -2.13. The molecule has 0 unspecified atom stereocenters. The zero-order valence-electron chi connectivity index (χ0n) is 13.2. The van der Waals surface area contributed by atoms with Gasteiger partial charge in [0.05, 0.1) is 6.61 Å². The van der Waals surface area contributed by atoms with Crippen molar-refractivity contribution >= 4 is 17.7 Å². The molecule has 0 saturated heterocycles. The van der Waals surface area contributed by atoms with E-state index in [1.54, 1.807) is 25.0 Å². The van der Waals surface area contributed by atoms with Crippen molar-refractivity contribution in [1.29, 1.82) is 0 Å². The van der Waals surface area contributed by atoms with E-state index >= 15 is 0 Å². The van der Waals surface area contributed by atoms with E-state index in [-0.39, 0.29) is 0 Å². The number of guanidine groups is 1. The summed E-state index contributed by atoms with van der Waals surface area (Å²) < 4.78 is 5.73. The minimum atomic E-state index is 0.647. The number of nitrogens with one attached hydrogen (secondary N) is 2. The molecule has 118 valence electrons. The quantitative estimate of drug-likeness (QED) is 0.416. The van der Waals surface area contributed by atoms with Gasteiger partial charge < -0.3 is 15.4 Å². The van der Waals surface area contributed by atoms with Crippen LogP contribution in [0.25, 0.3) is 0 Å². The van der Waals surface area contributed by atoms with Gasteiger partial charge in [0.1, 0.15) is 0 Å². The highest BCUT2D eigenvalue weighted by molar-refractivity contribution is 7.98. The number of aliphatic imine (C=N–C) groups is 1. The van der Waals surface area contributed by atoms with Crippen LogP contribution in [0.4, 0.5) is 0 Å². The van der Waals surface area contributed by atoms with Crippen molar-refractivity contribution in [2.45, 2.75) is 26.3 Å². The average Bonchev–Trinajstić information content (AvgIpc) is 2.52. The molecular weight excluding hydrogens is 284 g/mol. The van der Waals surface area contributed by atoms with Crippen LogP contribution in [0.15, 0.2) is 23.3 Å². The Morgan fingerprint density at radius 3 is 3.00 bits per heavy atom. The summed E-state index contributed by atoms with van der Waals surface area (Å²) in [4.78, 5) is 8.51. The molecule has 1 rings (SSSR count). The van der Waals surface area contributed by atoms with Gasteiger partial charge in [0.25, 0.3) is 0 Å². The molecule has 1 heterocycles. The van der Waals surface area contributed by atoms with Crippen LogP contribution in [0.2, 0.25) is 0 Å². The summed E-state index contributed by atoms with van der Waals surface area (Å²) in [5.41, 5.74) is 1.04. The Labute approximate surface area is 132 Å². The van der Waals surface area contributed by atoms with E-state index in [0.717, 1.165) is 36.7 Å². The van der Waals surface area contributed by atoms with Gasteiger partial charge in [0.2, 0.25) is 5.88 Å². The lowest BCUT2D eigenvalue weighted by atomic mass is 10.2. The molecule has 0 aliphatic carbocycles. The van der Waals surface area contributed by atoms with Crippen molar-refractivity contribution in [3.05, 3.63) is 23.9 Å². The first-order chi connectivity index (χ1) is 10.3. The van der Waals surface area contributed by atoms with Gasteiger partial charge in [-0.2, -0.15) is 11.8 Å². The fraction of sp³-hybridized carbons (Fsp3) is 0.600. The van der Waals surface area contributed by atoms with E-state index in [9.17, 15) is 0 Å². The van der Waals surface area contributed by atoms with Gasteiger partial charge in [-0.1, -0.05) is 19.4 Å². The summed E-state index contributed by atoms with van der Waals surface area (Å²) >= 11 is 1.81. The standard InChI is InChI=1S/C15H26N4OS/c1-4-5-10-20-14-13(7-6-8-17-14)12-19-15(16-2)18-9-11-21-3/h6-8H,4-5,9-12H2,1-3H3,(H2,16,18,19). The number of nitrogens with zero attached hydrogens (tertiary/aromatic N) is 2. The number of ether oxygens (including phenoxy) is 1. The molecule has 0 aromatic carbocycles. The van der Waals surface area contributed by atoms with Crippen LogP contribution in [-0.2, 0) is 6.54 Å². The molecule has 0 saturated carbocycles. The van der Waals surface area contributed by atoms with Crippen molar-refractivity contribution in [2.75, 3.05) is 32.2 Å². The van der Waals surface area contributed by atoms with Crippen molar-refractivity contribution in [2.24, 2.45) is 4.99 Å². The van der Waals surface area contributed by atoms with Crippen molar-refractivity contribution in [1.82, 2.24) is 15.6 Å². The molecule has 5 nitrogen and oxygen atoms in total. The van der Waals surface area contributed by atoms with Crippen molar-refractivity contribution in [3.63, 3.8) is 0 Å². The van der Waals surface area contributed by atoms with E-state index < -0.39 is 0 Å². The van der Waals surface area contributed by atoms with E-state index in [4.69, 9.17) is 4.74 Å². The monoisotopic (exact) mass is 310 g/mol. The number of aromatic nitrogens is 1. The van der Waals surface area contributed by atoms with Gasteiger partial charge in [-0.3, -0.25) is 4.99 Å². The molecule has 1 aromatic heterocycles. The zero-order valence-corrected chi connectivity index (χ0v) is 14.0. The Morgan fingerprint density at radius 2 is 2.29 bits per heavy atom. The number of hydrogen-bond acceptors (Lipinski definition) is 4. The van der Waals surface area contributed by atoms with E-state index in [2.05, 4.69) is 33.8 Å². The molecule has 0 amide bonds. The third kappa shape index (κ3) is 7.22. The fourth-order valence-electron chi connectivity index (χ4n) is 1.67. The fourth-order valence-corrected chi connectivity index (χ4v) is 1.98. The van der Waals surface area contributed by atoms with Crippen LogP contribution in [0, 0.1) is 0 Å². The van der Waals surface area contributed by atoms with Crippen LogP contribution in [0.3, 0.4) is 0 Å². The molecule has 0 spiro atoms.